The number of hydrogen-bond acceptors (Lipinski definition) is 4. The van der Waals surface area contributed by atoms with Crippen LogP contribution in [0.5, 0.6) is 5.75 Å². The lowest BCUT2D eigenvalue weighted by Gasteiger charge is -2.36. The largest absolute Gasteiger partial charge is 0.497 e. The molecule has 1 fully saturated rings. The topological polar surface area (TPSA) is 28.6 Å². The third-order valence-corrected chi connectivity index (χ3v) is 4.75. The summed E-state index contributed by atoms with van der Waals surface area (Å²) < 4.78 is 5.40. The first-order valence-electron chi connectivity index (χ1n) is 8.67. The Labute approximate surface area is 145 Å². The zero-order chi connectivity index (χ0) is 16.9. The van der Waals surface area contributed by atoms with Gasteiger partial charge in [0.15, 0.2) is 0 Å². The molecule has 1 aliphatic heterocycles. The fourth-order valence-corrected chi connectivity index (χ4v) is 3.42. The van der Waals surface area contributed by atoms with Crippen molar-refractivity contribution in [3.05, 3.63) is 53.7 Å². The third kappa shape index (κ3) is 3.88. The van der Waals surface area contributed by atoms with E-state index < -0.39 is 0 Å². The summed E-state index contributed by atoms with van der Waals surface area (Å²) in [7, 11) is 5.77. The van der Waals surface area contributed by atoms with Gasteiger partial charge in [-0.2, -0.15) is 0 Å². The molecule has 0 N–H and O–H groups in total. The molecule has 1 aromatic heterocycles. The Kier molecular flexibility index (Phi) is 5.36. The number of rotatable bonds is 5. The summed E-state index contributed by atoms with van der Waals surface area (Å²) in [5.41, 5.74) is 2.63. The van der Waals surface area contributed by atoms with Gasteiger partial charge in [-0.3, -0.25) is 4.90 Å². The Hall–Kier alpha value is -2.07. The fourth-order valence-electron chi connectivity index (χ4n) is 3.42. The molecule has 24 heavy (non-hydrogen) atoms. The van der Waals surface area contributed by atoms with Gasteiger partial charge < -0.3 is 9.64 Å². The summed E-state index contributed by atoms with van der Waals surface area (Å²) in [5, 5.41) is 0. The monoisotopic (exact) mass is 325 g/mol. The van der Waals surface area contributed by atoms with Gasteiger partial charge in [0.05, 0.1) is 7.11 Å². The highest BCUT2D eigenvalue weighted by molar-refractivity contribution is 5.37. The van der Waals surface area contributed by atoms with Crippen molar-refractivity contribution in [2.75, 3.05) is 32.6 Å². The molecular formula is C20H27N3O. The van der Waals surface area contributed by atoms with Crippen LogP contribution in [0, 0.1) is 0 Å². The molecule has 1 aliphatic rings. The average Bonchev–Trinajstić information content (AvgIpc) is 2.62. The Morgan fingerprint density at radius 2 is 2.08 bits per heavy atom. The molecule has 4 nitrogen and oxygen atoms in total. The van der Waals surface area contributed by atoms with E-state index in [1.54, 1.807) is 7.11 Å². The van der Waals surface area contributed by atoms with E-state index in [1.165, 1.54) is 30.4 Å². The summed E-state index contributed by atoms with van der Waals surface area (Å²) in [4.78, 5) is 9.15. The van der Waals surface area contributed by atoms with Crippen LogP contribution in [0.15, 0.2) is 42.6 Å². The molecule has 0 bridgehead atoms. The summed E-state index contributed by atoms with van der Waals surface area (Å²) in [5.74, 6) is 1.94. The normalized spacial score (nSPS) is 18.4. The molecule has 0 spiro atoms. The van der Waals surface area contributed by atoms with Gasteiger partial charge in [-0.25, -0.2) is 4.98 Å². The van der Waals surface area contributed by atoms with E-state index >= 15 is 0 Å². The van der Waals surface area contributed by atoms with Crippen LogP contribution in [0.1, 0.15) is 36.4 Å². The second-order valence-electron chi connectivity index (χ2n) is 6.68. The fraction of sp³-hybridized carbons (Fsp3) is 0.450. The maximum atomic E-state index is 5.40. The number of benzene rings is 1. The second kappa shape index (κ2) is 7.67. The van der Waals surface area contributed by atoms with Gasteiger partial charge in [0, 0.05) is 32.9 Å². The Bertz CT molecular complexity index is 654. The maximum absolute atomic E-state index is 5.40. The van der Waals surface area contributed by atoms with Crippen LogP contribution in [0.2, 0.25) is 0 Å². The lowest BCUT2D eigenvalue weighted by Crippen LogP contribution is -2.33. The third-order valence-electron chi connectivity index (χ3n) is 4.75. The second-order valence-corrected chi connectivity index (χ2v) is 6.68. The number of aromatic nitrogens is 1. The molecule has 1 unspecified atom stereocenters. The molecular weight excluding hydrogens is 298 g/mol. The van der Waals surface area contributed by atoms with E-state index in [4.69, 9.17) is 4.74 Å². The number of anilines is 1. The first-order valence-corrected chi connectivity index (χ1v) is 8.67. The highest BCUT2D eigenvalue weighted by Crippen LogP contribution is 2.33. The molecule has 0 amide bonds. The van der Waals surface area contributed by atoms with Crippen LogP contribution >= 0.6 is 0 Å². The molecule has 4 heteroatoms. The first-order chi connectivity index (χ1) is 11.7. The number of hydrogen-bond donors (Lipinski definition) is 0. The summed E-state index contributed by atoms with van der Waals surface area (Å²) in [6.45, 7) is 2.08. The van der Waals surface area contributed by atoms with E-state index in [-0.39, 0.29) is 0 Å². The van der Waals surface area contributed by atoms with Crippen LogP contribution < -0.4 is 9.64 Å². The number of ether oxygens (including phenoxy) is 1. The smallest absolute Gasteiger partial charge is 0.127 e. The van der Waals surface area contributed by atoms with Crippen LogP contribution in [0.4, 0.5) is 5.82 Å². The predicted molar refractivity (Wildman–Crippen MR) is 98.6 cm³/mol. The van der Waals surface area contributed by atoms with E-state index in [9.17, 15) is 0 Å². The predicted octanol–water partition coefficient (Wildman–Crippen LogP) is 3.88. The van der Waals surface area contributed by atoms with Crippen molar-refractivity contribution < 1.29 is 4.74 Å². The molecule has 0 saturated carbocycles. The number of nitrogens with zero attached hydrogens (tertiary/aromatic N) is 3. The van der Waals surface area contributed by atoms with Gasteiger partial charge in [-0.15, -0.1) is 0 Å². The Morgan fingerprint density at radius 3 is 2.79 bits per heavy atom. The average molecular weight is 325 g/mol. The lowest BCUT2D eigenvalue weighted by molar-refractivity contribution is 0.140. The van der Waals surface area contributed by atoms with Crippen molar-refractivity contribution >= 4 is 5.82 Å². The minimum atomic E-state index is 0.461. The van der Waals surface area contributed by atoms with Gasteiger partial charge in [-0.1, -0.05) is 24.6 Å². The highest BCUT2D eigenvalue weighted by Gasteiger charge is 2.24. The van der Waals surface area contributed by atoms with Gasteiger partial charge in [0.2, 0.25) is 0 Å². The Balaban J connectivity index is 1.76. The van der Waals surface area contributed by atoms with E-state index in [0.29, 0.717) is 6.04 Å². The zero-order valence-corrected chi connectivity index (χ0v) is 14.9. The van der Waals surface area contributed by atoms with Crippen molar-refractivity contribution in [1.29, 1.82) is 0 Å². The Morgan fingerprint density at radius 1 is 1.21 bits per heavy atom. The van der Waals surface area contributed by atoms with Crippen molar-refractivity contribution in [1.82, 2.24) is 9.88 Å². The summed E-state index contributed by atoms with van der Waals surface area (Å²) in [6, 6.07) is 13.3. The van der Waals surface area contributed by atoms with Crippen molar-refractivity contribution in [2.24, 2.45) is 0 Å². The van der Waals surface area contributed by atoms with Crippen molar-refractivity contribution in [3.8, 4) is 5.75 Å². The first kappa shape index (κ1) is 16.8. The minimum absolute atomic E-state index is 0.461. The van der Waals surface area contributed by atoms with Crippen LogP contribution in [-0.2, 0) is 6.54 Å². The van der Waals surface area contributed by atoms with E-state index in [0.717, 1.165) is 24.7 Å². The van der Waals surface area contributed by atoms with Gasteiger partial charge in [0.25, 0.3) is 0 Å². The van der Waals surface area contributed by atoms with Crippen molar-refractivity contribution in [2.45, 2.75) is 31.8 Å². The van der Waals surface area contributed by atoms with E-state index in [2.05, 4.69) is 40.2 Å². The number of pyridine rings is 1. The summed E-state index contributed by atoms with van der Waals surface area (Å²) >= 11 is 0. The molecule has 2 aromatic rings. The SMILES string of the molecule is COc1cccc(C2CCCCN2Cc2ccc(N(C)C)nc2)c1. The lowest BCUT2D eigenvalue weighted by atomic mass is 9.94. The number of likely N-dealkylation sites (tertiary alicyclic amines) is 1. The summed E-state index contributed by atoms with van der Waals surface area (Å²) in [6.07, 6.45) is 5.77. The van der Waals surface area contributed by atoms with E-state index in [1.807, 2.05) is 31.3 Å². The quantitative estimate of drug-likeness (QED) is 0.834. The van der Waals surface area contributed by atoms with Crippen LogP contribution in [-0.4, -0.2) is 37.6 Å². The van der Waals surface area contributed by atoms with Crippen molar-refractivity contribution in [3.63, 3.8) is 0 Å². The van der Waals surface area contributed by atoms with Crippen LogP contribution in [0.25, 0.3) is 0 Å². The molecule has 1 atom stereocenters. The molecule has 0 radical (unpaired) electrons. The zero-order valence-electron chi connectivity index (χ0n) is 14.9. The maximum Gasteiger partial charge on any atom is 0.127 e. The molecule has 128 valence electrons. The standard InChI is InChI=1S/C20H27N3O/c1-22(2)20-11-10-16(14-21-20)15-23-12-5-4-9-19(23)17-7-6-8-18(13-17)24-3/h6-8,10-11,13-14,19H,4-5,9,12,15H2,1-3H3. The van der Waals surface area contributed by atoms with Gasteiger partial charge in [0.1, 0.15) is 11.6 Å². The van der Waals surface area contributed by atoms with Crippen LogP contribution in [0.3, 0.4) is 0 Å². The minimum Gasteiger partial charge on any atom is -0.497 e. The molecule has 0 aliphatic carbocycles. The molecule has 3 rings (SSSR count). The molecule has 1 saturated heterocycles. The molecule has 2 heterocycles. The number of piperidine rings is 1. The molecule has 1 aromatic carbocycles. The van der Waals surface area contributed by atoms with Gasteiger partial charge in [-0.05, 0) is 48.7 Å². The highest BCUT2D eigenvalue weighted by atomic mass is 16.5. The van der Waals surface area contributed by atoms with Gasteiger partial charge >= 0.3 is 0 Å². The number of methoxy groups -OCH3 is 1.